The molecule has 2 rings (SSSR count). The van der Waals surface area contributed by atoms with Crippen molar-refractivity contribution in [1.82, 2.24) is 9.55 Å². The zero-order chi connectivity index (χ0) is 13.4. The van der Waals surface area contributed by atoms with Crippen molar-refractivity contribution in [1.29, 1.82) is 0 Å². The minimum atomic E-state index is -1.54. The lowest BCUT2D eigenvalue weighted by atomic mass is 10.0. The highest BCUT2D eigenvalue weighted by Crippen LogP contribution is 2.35. The first-order valence-electron chi connectivity index (χ1n) is 5.40. The minimum Gasteiger partial charge on any atom is -0.394 e. The van der Waals surface area contributed by atoms with Gasteiger partial charge in [0, 0.05) is 5.92 Å². The lowest BCUT2D eigenvalue weighted by molar-refractivity contribution is -0.0422. The van der Waals surface area contributed by atoms with Gasteiger partial charge in [0.2, 0.25) is 0 Å². The molecule has 0 bridgehead atoms. The van der Waals surface area contributed by atoms with Crippen LogP contribution in [-0.2, 0) is 4.74 Å². The van der Waals surface area contributed by atoms with Crippen LogP contribution in [0.15, 0.2) is 11.0 Å². The smallest absolute Gasteiger partial charge is 0.351 e. The number of rotatable bonds is 2. The van der Waals surface area contributed by atoms with Crippen LogP contribution in [0.1, 0.15) is 13.2 Å². The van der Waals surface area contributed by atoms with Crippen molar-refractivity contribution < 1.29 is 18.6 Å². The first-order chi connectivity index (χ1) is 8.45. The molecule has 8 heteroatoms. The third kappa shape index (κ3) is 1.97. The van der Waals surface area contributed by atoms with E-state index in [-0.39, 0.29) is 6.61 Å². The summed E-state index contributed by atoms with van der Waals surface area (Å²) in [5.41, 5.74) is 4.23. The maximum Gasteiger partial charge on any atom is 0.351 e. The Morgan fingerprint density at radius 1 is 1.67 bits per heavy atom. The Morgan fingerprint density at radius 3 is 2.89 bits per heavy atom. The number of nitrogens with zero attached hydrogens (tertiary/aromatic N) is 2. The number of aliphatic hydroxyl groups is 1. The van der Waals surface area contributed by atoms with Gasteiger partial charge in [0.25, 0.3) is 0 Å². The fourth-order valence-corrected chi connectivity index (χ4v) is 1.91. The Bertz CT molecular complexity index is 508. The first-order valence-corrected chi connectivity index (χ1v) is 5.40. The molecular weight excluding hydrogens is 248 g/mol. The maximum absolute atomic E-state index is 13.9. The van der Waals surface area contributed by atoms with Gasteiger partial charge in [-0.3, -0.25) is 4.57 Å². The topological polar surface area (TPSA) is 90.4 Å². The van der Waals surface area contributed by atoms with E-state index in [0.29, 0.717) is 4.57 Å². The van der Waals surface area contributed by atoms with Crippen molar-refractivity contribution in [2.45, 2.75) is 25.4 Å². The van der Waals surface area contributed by atoms with Gasteiger partial charge in [0.05, 0.1) is 18.9 Å². The summed E-state index contributed by atoms with van der Waals surface area (Å²) < 4.78 is 33.1. The lowest BCUT2D eigenvalue weighted by Gasteiger charge is -2.16. The molecule has 1 aromatic heterocycles. The molecule has 4 atom stereocenters. The maximum atomic E-state index is 13.9. The van der Waals surface area contributed by atoms with Crippen LogP contribution in [0.2, 0.25) is 0 Å². The molecule has 2 heterocycles. The summed E-state index contributed by atoms with van der Waals surface area (Å²) >= 11 is 0. The molecule has 1 aliphatic rings. The molecule has 6 nitrogen and oxygen atoms in total. The molecule has 3 N–H and O–H groups in total. The quantitative estimate of drug-likeness (QED) is 0.771. The Labute approximate surface area is 101 Å². The molecule has 18 heavy (non-hydrogen) atoms. The summed E-state index contributed by atoms with van der Waals surface area (Å²) in [6.45, 7) is 1.16. The summed E-state index contributed by atoms with van der Waals surface area (Å²) in [5, 5.41) is 9.00. The second-order valence-corrected chi connectivity index (χ2v) is 4.22. The number of halogens is 2. The normalized spacial score (nSPS) is 31.8. The molecule has 1 aliphatic heterocycles. The first kappa shape index (κ1) is 12.9. The highest BCUT2D eigenvalue weighted by atomic mass is 19.1. The number of ether oxygens (including phenoxy) is 1. The van der Waals surface area contributed by atoms with Crippen molar-refractivity contribution in [3.8, 4) is 0 Å². The molecule has 0 amide bonds. The molecule has 100 valence electrons. The molecule has 0 unspecified atom stereocenters. The molecule has 1 fully saturated rings. The fourth-order valence-electron chi connectivity index (χ4n) is 1.91. The van der Waals surface area contributed by atoms with Crippen LogP contribution in [0, 0.1) is 11.7 Å². The molecule has 1 saturated heterocycles. The van der Waals surface area contributed by atoms with E-state index in [4.69, 9.17) is 15.6 Å². The Kier molecular flexibility index (Phi) is 3.31. The van der Waals surface area contributed by atoms with Crippen LogP contribution in [0.5, 0.6) is 0 Å². The van der Waals surface area contributed by atoms with Gasteiger partial charge in [-0.25, -0.2) is 13.6 Å². The molecule has 0 radical (unpaired) electrons. The monoisotopic (exact) mass is 261 g/mol. The number of hydrogen-bond acceptors (Lipinski definition) is 5. The van der Waals surface area contributed by atoms with E-state index in [1.807, 2.05) is 0 Å². The van der Waals surface area contributed by atoms with Crippen LogP contribution >= 0.6 is 0 Å². The Morgan fingerprint density at radius 2 is 2.33 bits per heavy atom. The van der Waals surface area contributed by atoms with Crippen molar-refractivity contribution in [2.75, 3.05) is 12.3 Å². The Hall–Kier alpha value is -1.54. The van der Waals surface area contributed by atoms with Gasteiger partial charge in [-0.2, -0.15) is 4.98 Å². The third-order valence-corrected chi connectivity index (χ3v) is 3.06. The van der Waals surface area contributed by atoms with Crippen LogP contribution in [-0.4, -0.2) is 33.5 Å². The summed E-state index contributed by atoms with van der Waals surface area (Å²) in [5.74, 6) is -2.07. The van der Waals surface area contributed by atoms with E-state index in [0.717, 1.165) is 6.20 Å². The van der Waals surface area contributed by atoms with Crippen LogP contribution in [0.3, 0.4) is 0 Å². The van der Waals surface area contributed by atoms with E-state index in [9.17, 15) is 13.6 Å². The molecule has 0 spiro atoms. The Balaban J connectivity index is 2.39. The van der Waals surface area contributed by atoms with E-state index in [1.165, 1.54) is 6.92 Å². The van der Waals surface area contributed by atoms with Crippen molar-refractivity contribution in [3.63, 3.8) is 0 Å². The average Bonchev–Trinajstić information content (AvgIpc) is 2.61. The number of hydrogen-bond donors (Lipinski definition) is 2. The molecule has 0 aromatic carbocycles. The van der Waals surface area contributed by atoms with E-state index in [1.54, 1.807) is 0 Å². The minimum absolute atomic E-state index is 0.377. The predicted molar refractivity (Wildman–Crippen MR) is 57.9 cm³/mol. The zero-order valence-electron chi connectivity index (χ0n) is 9.59. The number of aliphatic hydroxyl groups excluding tert-OH is 1. The number of anilines is 1. The predicted octanol–water partition coefficient (Wildman–Crippen LogP) is -0.172. The van der Waals surface area contributed by atoms with Gasteiger partial charge >= 0.3 is 5.69 Å². The van der Waals surface area contributed by atoms with E-state index in [2.05, 4.69) is 4.98 Å². The fraction of sp³-hybridized carbons (Fsp3) is 0.600. The van der Waals surface area contributed by atoms with Gasteiger partial charge in [0.15, 0.2) is 24.0 Å². The summed E-state index contributed by atoms with van der Waals surface area (Å²) in [6, 6.07) is 0. The van der Waals surface area contributed by atoms with Crippen molar-refractivity contribution in [3.05, 3.63) is 22.5 Å². The van der Waals surface area contributed by atoms with Gasteiger partial charge in [-0.05, 0) is 0 Å². The van der Waals surface area contributed by atoms with Crippen molar-refractivity contribution in [2.24, 2.45) is 5.92 Å². The van der Waals surface area contributed by atoms with Gasteiger partial charge < -0.3 is 15.6 Å². The lowest BCUT2D eigenvalue weighted by Crippen LogP contribution is -2.32. The number of nitrogen functional groups attached to an aromatic ring is 1. The van der Waals surface area contributed by atoms with Crippen LogP contribution < -0.4 is 11.4 Å². The molecular formula is C10H13F2N3O3. The number of aromatic nitrogens is 2. The molecule has 0 saturated carbocycles. The molecule has 1 aromatic rings. The highest BCUT2D eigenvalue weighted by Gasteiger charge is 2.43. The van der Waals surface area contributed by atoms with E-state index < -0.39 is 41.7 Å². The van der Waals surface area contributed by atoms with Crippen LogP contribution in [0.25, 0.3) is 0 Å². The van der Waals surface area contributed by atoms with Gasteiger partial charge in [0.1, 0.15) is 0 Å². The third-order valence-electron chi connectivity index (χ3n) is 3.06. The standard InChI is InChI=1S/C10H13F2N3O3/c1-4-6(3-16)18-9(7(4)12)15-2-5(11)8(13)14-10(15)17/h2,4,6-7,9,16H,3H2,1H3,(H2,13,14,17)/t4-,6-,7+,9-/m1/s1. The van der Waals surface area contributed by atoms with E-state index >= 15 is 0 Å². The number of alkyl halides is 1. The largest absolute Gasteiger partial charge is 0.394 e. The zero-order valence-corrected chi connectivity index (χ0v) is 9.59. The number of nitrogens with two attached hydrogens (primary N) is 1. The summed E-state index contributed by atoms with van der Waals surface area (Å²) in [6.07, 6.45) is -2.82. The SMILES string of the molecule is C[C@H]1[C@H](F)[C@H](n2cc(F)c(N)nc2=O)O[C@@H]1CO. The highest BCUT2D eigenvalue weighted by molar-refractivity contribution is 5.26. The van der Waals surface area contributed by atoms with Crippen molar-refractivity contribution >= 4 is 5.82 Å². The van der Waals surface area contributed by atoms with Gasteiger partial charge in [-0.1, -0.05) is 6.92 Å². The van der Waals surface area contributed by atoms with Gasteiger partial charge in [-0.15, -0.1) is 0 Å². The second kappa shape index (κ2) is 4.62. The van der Waals surface area contributed by atoms with Crippen LogP contribution in [0.4, 0.5) is 14.6 Å². The average molecular weight is 261 g/mol. The second-order valence-electron chi connectivity index (χ2n) is 4.22. The summed E-state index contributed by atoms with van der Waals surface area (Å²) in [7, 11) is 0. The summed E-state index contributed by atoms with van der Waals surface area (Å²) in [4.78, 5) is 14.8. The molecule has 0 aliphatic carbocycles.